The van der Waals surface area contributed by atoms with Crippen LogP contribution >= 0.6 is 11.8 Å². The Hall–Kier alpha value is -0.750. The van der Waals surface area contributed by atoms with Crippen molar-refractivity contribution in [2.24, 2.45) is 0 Å². The molecule has 18 heavy (non-hydrogen) atoms. The fourth-order valence-corrected chi connectivity index (χ4v) is 2.69. The number of carbonyl (C=O) groups is 2. The molecule has 1 aliphatic rings. The highest BCUT2D eigenvalue weighted by molar-refractivity contribution is 7.99. The number of nitrogens with zero attached hydrogens (tertiary/aromatic N) is 1. The van der Waals surface area contributed by atoms with Crippen molar-refractivity contribution in [1.29, 1.82) is 0 Å². The van der Waals surface area contributed by atoms with Crippen LogP contribution in [0.25, 0.3) is 0 Å². The Morgan fingerprint density at radius 3 is 2.89 bits per heavy atom. The zero-order valence-electron chi connectivity index (χ0n) is 11.2. The molecule has 2 N–H and O–H groups in total. The third-order valence-corrected chi connectivity index (χ3v) is 3.93. The van der Waals surface area contributed by atoms with Crippen molar-refractivity contribution in [1.82, 2.24) is 15.5 Å². The normalized spacial score (nSPS) is 19.3. The molecule has 1 rings (SSSR count). The molecule has 0 aliphatic carbocycles. The number of hydrogen-bond acceptors (Lipinski definition) is 4. The Morgan fingerprint density at radius 1 is 1.50 bits per heavy atom. The number of hydrogen-bond donors (Lipinski definition) is 2. The highest BCUT2D eigenvalue weighted by atomic mass is 32.2. The molecule has 0 aromatic heterocycles. The minimum atomic E-state index is -0.0846. The topological polar surface area (TPSA) is 61.4 Å². The van der Waals surface area contributed by atoms with Gasteiger partial charge in [0.05, 0.1) is 6.54 Å². The van der Waals surface area contributed by atoms with Gasteiger partial charge >= 0.3 is 0 Å². The summed E-state index contributed by atoms with van der Waals surface area (Å²) >= 11 is 1.87. The Labute approximate surface area is 113 Å². The summed E-state index contributed by atoms with van der Waals surface area (Å²) in [5, 5.41) is 6.09. The maximum atomic E-state index is 11.9. The summed E-state index contributed by atoms with van der Waals surface area (Å²) in [5.41, 5.74) is 0. The molecule has 6 heteroatoms. The van der Waals surface area contributed by atoms with Crippen LogP contribution in [0.1, 0.15) is 19.8 Å². The molecule has 0 spiro atoms. The fraction of sp³-hybridized carbons (Fsp3) is 0.833. The second-order valence-corrected chi connectivity index (χ2v) is 5.68. The number of likely N-dealkylation sites (N-methyl/N-ethyl adjacent to an activating group) is 1. The highest BCUT2D eigenvalue weighted by Crippen LogP contribution is 2.11. The first-order valence-corrected chi connectivity index (χ1v) is 7.60. The zero-order chi connectivity index (χ0) is 13.4. The molecule has 1 atom stereocenters. The largest absolute Gasteiger partial charge is 0.355 e. The number of thioether (sulfide) groups is 1. The number of nitrogens with one attached hydrogen (secondary N) is 2. The van der Waals surface area contributed by atoms with E-state index in [1.807, 2.05) is 18.7 Å². The molecule has 1 fully saturated rings. The Morgan fingerprint density at radius 2 is 2.28 bits per heavy atom. The lowest BCUT2D eigenvalue weighted by Gasteiger charge is -2.25. The molecule has 1 saturated heterocycles. The predicted octanol–water partition coefficient (Wildman–Crippen LogP) is 0.0661. The van der Waals surface area contributed by atoms with Crippen molar-refractivity contribution in [3.63, 3.8) is 0 Å². The lowest BCUT2D eigenvalue weighted by Crippen LogP contribution is -2.44. The zero-order valence-corrected chi connectivity index (χ0v) is 12.0. The van der Waals surface area contributed by atoms with E-state index < -0.39 is 0 Å². The number of carbonyl (C=O) groups excluding carboxylic acids is 2. The third kappa shape index (κ3) is 5.73. The molecule has 104 valence electrons. The SMILES string of the molecule is CCCNC(=O)CN(C)C(=O)CC1CSCCN1. The quantitative estimate of drug-likeness (QED) is 0.719. The van der Waals surface area contributed by atoms with Crippen molar-refractivity contribution in [3.05, 3.63) is 0 Å². The Kier molecular flexibility index (Phi) is 7.12. The molecule has 0 bridgehead atoms. The van der Waals surface area contributed by atoms with Crippen LogP contribution in [0.3, 0.4) is 0 Å². The second kappa shape index (κ2) is 8.37. The van der Waals surface area contributed by atoms with Crippen LogP contribution in [0.15, 0.2) is 0 Å². The van der Waals surface area contributed by atoms with Crippen molar-refractivity contribution in [2.75, 3.05) is 38.2 Å². The molecule has 0 aromatic rings. The summed E-state index contributed by atoms with van der Waals surface area (Å²) in [5.74, 6) is 2.03. The van der Waals surface area contributed by atoms with Crippen LogP contribution in [-0.2, 0) is 9.59 Å². The van der Waals surface area contributed by atoms with Gasteiger partial charge in [-0.15, -0.1) is 0 Å². The van der Waals surface area contributed by atoms with Gasteiger partial charge in [0.1, 0.15) is 0 Å². The van der Waals surface area contributed by atoms with Gasteiger partial charge in [-0.3, -0.25) is 9.59 Å². The molecule has 0 radical (unpaired) electrons. The molecule has 1 aliphatic heterocycles. The van der Waals surface area contributed by atoms with E-state index >= 15 is 0 Å². The molecule has 1 unspecified atom stereocenters. The van der Waals surface area contributed by atoms with E-state index in [9.17, 15) is 9.59 Å². The molecule has 2 amide bonds. The Balaban J connectivity index is 2.25. The van der Waals surface area contributed by atoms with Gasteiger partial charge in [-0.05, 0) is 6.42 Å². The monoisotopic (exact) mass is 273 g/mol. The number of rotatable bonds is 6. The fourth-order valence-electron chi connectivity index (χ4n) is 1.74. The van der Waals surface area contributed by atoms with Crippen molar-refractivity contribution in [3.8, 4) is 0 Å². The molecule has 1 heterocycles. The van der Waals surface area contributed by atoms with E-state index in [1.54, 1.807) is 7.05 Å². The summed E-state index contributed by atoms with van der Waals surface area (Å²) in [7, 11) is 1.68. The average molecular weight is 273 g/mol. The van der Waals surface area contributed by atoms with Crippen molar-refractivity contribution in [2.45, 2.75) is 25.8 Å². The van der Waals surface area contributed by atoms with E-state index in [0.717, 1.165) is 24.5 Å². The van der Waals surface area contributed by atoms with E-state index in [2.05, 4.69) is 10.6 Å². The van der Waals surface area contributed by atoms with Crippen molar-refractivity contribution >= 4 is 23.6 Å². The lowest BCUT2D eigenvalue weighted by molar-refractivity contribution is -0.135. The van der Waals surface area contributed by atoms with Gasteiger partial charge in [-0.1, -0.05) is 6.92 Å². The highest BCUT2D eigenvalue weighted by Gasteiger charge is 2.20. The summed E-state index contributed by atoms with van der Waals surface area (Å²) in [6, 6.07) is 0.248. The smallest absolute Gasteiger partial charge is 0.239 e. The van der Waals surface area contributed by atoms with E-state index in [1.165, 1.54) is 4.90 Å². The van der Waals surface area contributed by atoms with Crippen LogP contribution in [0.2, 0.25) is 0 Å². The van der Waals surface area contributed by atoms with Gasteiger partial charge in [-0.2, -0.15) is 11.8 Å². The van der Waals surface area contributed by atoms with Crippen molar-refractivity contribution < 1.29 is 9.59 Å². The molecule has 0 aromatic carbocycles. The second-order valence-electron chi connectivity index (χ2n) is 4.53. The van der Waals surface area contributed by atoms with Gasteiger partial charge in [0.15, 0.2) is 0 Å². The third-order valence-electron chi connectivity index (χ3n) is 2.80. The molecule has 5 nitrogen and oxygen atoms in total. The van der Waals surface area contributed by atoms with Crippen LogP contribution in [0, 0.1) is 0 Å². The van der Waals surface area contributed by atoms with Crippen LogP contribution in [-0.4, -0.2) is 60.9 Å². The standard InChI is InChI=1S/C12H23N3O2S/c1-3-4-14-11(16)8-15(2)12(17)7-10-9-18-6-5-13-10/h10,13H,3-9H2,1-2H3,(H,14,16). The maximum Gasteiger partial charge on any atom is 0.239 e. The van der Waals surface area contributed by atoms with Crippen LogP contribution in [0.5, 0.6) is 0 Å². The summed E-state index contributed by atoms with van der Waals surface area (Å²) in [6.45, 7) is 3.78. The van der Waals surface area contributed by atoms with Crippen LogP contribution < -0.4 is 10.6 Å². The predicted molar refractivity (Wildman–Crippen MR) is 74.7 cm³/mol. The van der Waals surface area contributed by atoms with E-state index in [0.29, 0.717) is 13.0 Å². The summed E-state index contributed by atoms with van der Waals surface area (Å²) in [4.78, 5) is 24.9. The minimum Gasteiger partial charge on any atom is -0.355 e. The molecule has 0 saturated carbocycles. The van der Waals surface area contributed by atoms with E-state index in [4.69, 9.17) is 0 Å². The summed E-state index contributed by atoms with van der Waals surface area (Å²) in [6.07, 6.45) is 1.39. The lowest BCUT2D eigenvalue weighted by atomic mass is 10.2. The maximum absolute atomic E-state index is 11.9. The van der Waals surface area contributed by atoms with Gasteiger partial charge in [-0.25, -0.2) is 0 Å². The first-order valence-electron chi connectivity index (χ1n) is 6.45. The number of amides is 2. The Bertz CT molecular complexity index is 280. The molecular weight excluding hydrogens is 250 g/mol. The molecular formula is C12H23N3O2S. The first kappa shape index (κ1) is 15.3. The minimum absolute atomic E-state index is 0.0293. The van der Waals surface area contributed by atoms with Gasteiger partial charge in [0, 0.05) is 44.1 Å². The van der Waals surface area contributed by atoms with Gasteiger partial charge in [0.25, 0.3) is 0 Å². The van der Waals surface area contributed by atoms with Gasteiger partial charge < -0.3 is 15.5 Å². The van der Waals surface area contributed by atoms with Gasteiger partial charge in [0.2, 0.25) is 11.8 Å². The summed E-state index contributed by atoms with van der Waals surface area (Å²) < 4.78 is 0. The first-order chi connectivity index (χ1) is 8.63. The average Bonchev–Trinajstić information content (AvgIpc) is 2.37. The van der Waals surface area contributed by atoms with E-state index in [-0.39, 0.29) is 24.4 Å². The van der Waals surface area contributed by atoms with Crippen LogP contribution in [0.4, 0.5) is 0 Å².